The van der Waals surface area contributed by atoms with E-state index in [4.69, 9.17) is 4.74 Å². The Hall–Kier alpha value is -0.0800. The van der Waals surface area contributed by atoms with E-state index in [1.807, 2.05) is 12.2 Å². The average Bonchev–Trinajstić information content (AvgIpc) is 2.61. The molecule has 2 rings (SSSR count). The molecule has 0 fully saturated rings. The Morgan fingerprint density at radius 3 is 2.86 bits per heavy atom. The summed E-state index contributed by atoms with van der Waals surface area (Å²) in [6.45, 7) is 1.69. The average molecular weight is 320 g/mol. The van der Waals surface area contributed by atoms with Crippen LogP contribution in [0.25, 0.3) is 0 Å². The second-order valence-electron chi connectivity index (χ2n) is 3.17. The zero-order valence-electron chi connectivity index (χ0n) is 7.42. The van der Waals surface area contributed by atoms with Crippen LogP contribution in [0.15, 0.2) is 21.1 Å². The van der Waals surface area contributed by atoms with Crippen molar-refractivity contribution in [2.75, 3.05) is 0 Å². The molecule has 0 aliphatic carbocycles. The summed E-state index contributed by atoms with van der Waals surface area (Å²) in [4.78, 5) is 0. The van der Waals surface area contributed by atoms with E-state index < -0.39 is 5.60 Å². The monoisotopic (exact) mass is 318 g/mol. The summed E-state index contributed by atoms with van der Waals surface area (Å²) < 4.78 is 7.01. The lowest BCUT2D eigenvalue weighted by molar-refractivity contribution is -0.0364. The van der Waals surface area contributed by atoms with Crippen LogP contribution in [0.5, 0.6) is 0 Å². The molecule has 0 aromatic heterocycles. The Morgan fingerprint density at radius 1 is 1.50 bits per heavy atom. The third kappa shape index (κ3) is 1.31. The maximum absolute atomic E-state index is 10.3. The fraction of sp³-hybridized carbons (Fsp3) is 0.400. The molecule has 1 N–H and O–H groups in total. The van der Waals surface area contributed by atoms with Crippen molar-refractivity contribution in [1.29, 1.82) is 0 Å². The predicted octanol–water partition coefficient (Wildman–Crippen LogP) is 2.08. The molecule has 4 heteroatoms. The van der Waals surface area contributed by atoms with Gasteiger partial charge in [-0.25, -0.2) is 0 Å². The van der Waals surface area contributed by atoms with Crippen molar-refractivity contribution in [3.8, 4) is 11.8 Å². The number of halogens is 2. The van der Waals surface area contributed by atoms with Crippen LogP contribution < -0.4 is 0 Å². The van der Waals surface area contributed by atoms with Gasteiger partial charge in [0, 0.05) is 4.48 Å². The van der Waals surface area contributed by atoms with Crippen LogP contribution in [-0.4, -0.2) is 22.9 Å². The van der Waals surface area contributed by atoms with E-state index in [-0.39, 0.29) is 12.2 Å². The first-order chi connectivity index (χ1) is 6.59. The van der Waals surface area contributed by atoms with Crippen LogP contribution in [0.4, 0.5) is 0 Å². The van der Waals surface area contributed by atoms with E-state index >= 15 is 0 Å². The lowest BCUT2D eigenvalue weighted by Gasteiger charge is -2.34. The summed E-state index contributed by atoms with van der Waals surface area (Å²) in [6, 6.07) is 0. The van der Waals surface area contributed by atoms with Crippen molar-refractivity contribution >= 4 is 31.9 Å². The van der Waals surface area contributed by atoms with Crippen molar-refractivity contribution in [3.05, 3.63) is 21.1 Å². The molecule has 0 saturated heterocycles. The topological polar surface area (TPSA) is 29.5 Å². The number of rotatable bonds is 0. The zero-order chi connectivity index (χ0) is 10.3. The quantitative estimate of drug-likeness (QED) is 0.547. The van der Waals surface area contributed by atoms with Crippen molar-refractivity contribution < 1.29 is 9.84 Å². The van der Waals surface area contributed by atoms with Crippen LogP contribution in [0.2, 0.25) is 0 Å². The molecule has 0 amide bonds. The SMILES string of the molecule is CC#CC1(O)C(Br)=C(Br)C2C=CC1O2. The molecular weight excluding hydrogens is 312 g/mol. The molecule has 14 heavy (non-hydrogen) atoms. The maximum Gasteiger partial charge on any atom is 0.188 e. The fourth-order valence-corrected chi connectivity index (χ4v) is 2.69. The number of fused-ring (bicyclic) bond motifs is 2. The van der Waals surface area contributed by atoms with Gasteiger partial charge in [0.05, 0.1) is 4.48 Å². The molecule has 2 bridgehead atoms. The smallest absolute Gasteiger partial charge is 0.188 e. The van der Waals surface area contributed by atoms with E-state index in [9.17, 15) is 5.11 Å². The van der Waals surface area contributed by atoms with E-state index in [2.05, 4.69) is 43.7 Å². The largest absolute Gasteiger partial charge is 0.370 e. The van der Waals surface area contributed by atoms with E-state index in [0.717, 1.165) is 4.48 Å². The Labute approximate surface area is 99.3 Å². The van der Waals surface area contributed by atoms with Gasteiger partial charge in [0.1, 0.15) is 12.2 Å². The predicted molar refractivity (Wildman–Crippen MR) is 61.1 cm³/mol. The Bertz CT molecular complexity index is 389. The van der Waals surface area contributed by atoms with Gasteiger partial charge in [-0.3, -0.25) is 0 Å². The summed E-state index contributed by atoms with van der Waals surface area (Å²) in [5, 5.41) is 10.3. The van der Waals surface area contributed by atoms with E-state index in [0.29, 0.717) is 4.48 Å². The maximum atomic E-state index is 10.3. The minimum absolute atomic E-state index is 0.0895. The highest BCUT2D eigenvalue weighted by molar-refractivity contribution is 9.14. The first kappa shape index (κ1) is 10.4. The zero-order valence-corrected chi connectivity index (χ0v) is 10.6. The first-order valence-corrected chi connectivity index (χ1v) is 5.74. The number of hydrogen-bond donors (Lipinski definition) is 1. The number of ether oxygens (including phenoxy) is 1. The second-order valence-corrected chi connectivity index (χ2v) is 4.81. The number of aliphatic hydroxyl groups is 1. The third-order valence-electron chi connectivity index (χ3n) is 2.28. The molecule has 2 aliphatic heterocycles. The van der Waals surface area contributed by atoms with Crippen molar-refractivity contribution in [3.63, 3.8) is 0 Å². The van der Waals surface area contributed by atoms with Crippen LogP contribution >= 0.6 is 31.9 Å². The highest BCUT2D eigenvalue weighted by Crippen LogP contribution is 2.44. The first-order valence-electron chi connectivity index (χ1n) is 4.15. The summed E-state index contributed by atoms with van der Waals surface area (Å²) in [5.41, 5.74) is -1.25. The minimum atomic E-state index is -1.25. The van der Waals surface area contributed by atoms with Gasteiger partial charge >= 0.3 is 0 Å². The molecule has 3 unspecified atom stereocenters. The summed E-state index contributed by atoms with van der Waals surface area (Å²) in [6.07, 6.45) is 3.28. The van der Waals surface area contributed by atoms with Gasteiger partial charge in [-0.15, -0.1) is 5.92 Å². The van der Waals surface area contributed by atoms with Crippen molar-refractivity contribution in [2.24, 2.45) is 0 Å². The third-order valence-corrected chi connectivity index (χ3v) is 4.69. The highest BCUT2D eigenvalue weighted by atomic mass is 79.9. The van der Waals surface area contributed by atoms with Gasteiger partial charge in [-0.2, -0.15) is 0 Å². The van der Waals surface area contributed by atoms with Crippen LogP contribution in [-0.2, 0) is 4.74 Å². The lowest BCUT2D eigenvalue weighted by Crippen LogP contribution is -2.45. The lowest BCUT2D eigenvalue weighted by atomic mass is 9.96. The van der Waals surface area contributed by atoms with E-state index in [1.165, 1.54) is 0 Å². The number of hydrogen-bond acceptors (Lipinski definition) is 2. The second kappa shape index (κ2) is 3.49. The Balaban J connectivity index is 2.55. The molecule has 2 aliphatic rings. The van der Waals surface area contributed by atoms with Gasteiger partial charge in [0.25, 0.3) is 0 Å². The molecule has 0 aromatic carbocycles. The Morgan fingerprint density at radius 2 is 2.21 bits per heavy atom. The standard InChI is InChI=1S/C10H8Br2O2/c1-2-5-10(13)7-4-3-6(14-7)8(11)9(10)12/h3-4,6-7,13H,1H3. The van der Waals surface area contributed by atoms with Crippen LogP contribution in [0.3, 0.4) is 0 Å². The molecule has 0 radical (unpaired) electrons. The molecular formula is C10H8Br2O2. The van der Waals surface area contributed by atoms with Crippen molar-refractivity contribution in [2.45, 2.75) is 24.7 Å². The van der Waals surface area contributed by atoms with Crippen LogP contribution in [0.1, 0.15) is 6.92 Å². The molecule has 74 valence electrons. The summed E-state index contributed by atoms with van der Waals surface area (Å²) in [7, 11) is 0. The minimum Gasteiger partial charge on any atom is -0.370 e. The molecule has 3 atom stereocenters. The molecule has 0 aromatic rings. The van der Waals surface area contributed by atoms with E-state index in [1.54, 1.807) is 6.92 Å². The molecule has 0 spiro atoms. The van der Waals surface area contributed by atoms with Gasteiger partial charge in [-0.1, -0.05) is 49.9 Å². The van der Waals surface area contributed by atoms with Crippen LogP contribution in [0, 0.1) is 11.8 Å². The molecule has 0 saturated carbocycles. The van der Waals surface area contributed by atoms with Gasteiger partial charge in [-0.05, 0) is 6.92 Å². The Kier molecular flexibility index (Phi) is 2.61. The normalized spacial score (nSPS) is 39.7. The highest BCUT2D eigenvalue weighted by Gasteiger charge is 2.47. The summed E-state index contributed by atoms with van der Waals surface area (Å²) >= 11 is 6.74. The molecule has 2 heterocycles. The van der Waals surface area contributed by atoms with Crippen molar-refractivity contribution in [1.82, 2.24) is 0 Å². The van der Waals surface area contributed by atoms with Gasteiger partial charge < -0.3 is 9.84 Å². The van der Waals surface area contributed by atoms with Gasteiger partial charge in [0.15, 0.2) is 5.60 Å². The van der Waals surface area contributed by atoms with Gasteiger partial charge in [0.2, 0.25) is 0 Å². The molecule has 2 nitrogen and oxygen atoms in total. The fourth-order valence-electron chi connectivity index (χ4n) is 1.58. The summed E-state index contributed by atoms with van der Waals surface area (Å²) in [5.74, 6) is 5.48.